The molecule has 0 aliphatic carbocycles. The summed E-state index contributed by atoms with van der Waals surface area (Å²) in [5.41, 5.74) is 0.950. The van der Waals surface area contributed by atoms with Gasteiger partial charge in [0, 0.05) is 25.2 Å². The van der Waals surface area contributed by atoms with Crippen LogP contribution in [-0.4, -0.2) is 48.7 Å². The number of hydrogen-bond acceptors (Lipinski definition) is 3. The molecule has 0 spiro atoms. The number of ether oxygens (including phenoxy) is 1. The molecule has 2 saturated heterocycles. The Morgan fingerprint density at radius 3 is 2.78 bits per heavy atom. The monoisotopic (exact) mass is 322 g/mol. The van der Waals surface area contributed by atoms with Crippen molar-refractivity contribution in [2.45, 2.75) is 65.0 Å². The SMILES string of the molecule is C=C(C)[C@H]1OCC[C@H]1C(=O)NCC(C)(C)N1CCC[C@@H](CC)C1. The molecule has 0 aromatic rings. The predicted octanol–water partition coefficient (Wildman–Crippen LogP) is 2.98. The maximum absolute atomic E-state index is 12.6. The average molecular weight is 322 g/mol. The van der Waals surface area contributed by atoms with Gasteiger partial charge in [-0.05, 0) is 52.5 Å². The second-order valence-corrected chi connectivity index (χ2v) is 7.93. The summed E-state index contributed by atoms with van der Waals surface area (Å²) in [5, 5.41) is 3.18. The number of rotatable bonds is 6. The fourth-order valence-corrected chi connectivity index (χ4v) is 3.84. The lowest BCUT2D eigenvalue weighted by Crippen LogP contribution is -2.55. The van der Waals surface area contributed by atoms with E-state index in [-0.39, 0.29) is 23.5 Å². The Bertz CT molecular complexity index is 433. The van der Waals surface area contributed by atoms with Crippen LogP contribution < -0.4 is 5.32 Å². The van der Waals surface area contributed by atoms with E-state index in [1.165, 1.54) is 19.3 Å². The van der Waals surface area contributed by atoms with Crippen molar-refractivity contribution >= 4 is 5.91 Å². The van der Waals surface area contributed by atoms with Crippen molar-refractivity contribution in [3.8, 4) is 0 Å². The number of likely N-dealkylation sites (tertiary alicyclic amines) is 1. The maximum atomic E-state index is 12.6. The second-order valence-electron chi connectivity index (χ2n) is 7.93. The highest BCUT2D eigenvalue weighted by Gasteiger charge is 2.36. The summed E-state index contributed by atoms with van der Waals surface area (Å²) in [6, 6.07) is 0. The summed E-state index contributed by atoms with van der Waals surface area (Å²) in [4.78, 5) is 15.1. The number of carbonyl (C=O) groups excluding carboxylic acids is 1. The Morgan fingerprint density at radius 2 is 2.13 bits per heavy atom. The summed E-state index contributed by atoms with van der Waals surface area (Å²) in [6.45, 7) is 16.3. The minimum Gasteiger partial charge on any atom is -0.373 e. The summed E-state index contributed by atoms with van der Waals surface area (Å²) in [7, 11) is 0. The van der Waals surface area contributed by atoms with Crippen LogP contribution in [0.5, 0.6) is 0 Å². The molecule has 23 heavy (non-hydrogen) atoms. The lowest BCUT2D eigenvalue weighted by Gasteiger charge is -2.43. The molecule has 132 valence electrons. The van der Waals surface area contributed by atoms with Gasteiger partial charge in [0.2, 0.25) is 5.91 Å². The normalized spacial score (nSPS) is 29.5. The molecule has 2 rings (SSSR count). The molecule has 3 atom stereocenters. The van der Waals surface area contributed by atoms with Gasteiger partial charge in [-0.3, -0.25) is 9.69 Å². The van der Waals surface area contributed by atoms with E-state index in [1.807, 2.05) is 6.92 Å². The van der Waals surface area contributed by atoms with Gasteiger partial charge < -0.3 is 10.1 Å². The third-order valence-electron chi connectivity index (χ3n) is 5.56. The van der Waals surface area contributed by atoms with Crippen LogP contribution in [0.2, 0.25) is 0 Å². The first kappa shape index (κ1) is 18.5. The molecule has 0 unspecified atom stereocenters. The molecule has 0 radical (unpaired) electrons. The van der Waals surface area contributed by atoms with Crippen LogP contribution in [0.4, 0.5) is 0 Å². The van der Waals surface area contributed by atoms with E-state index >= 15 is 0 Å². The van der Waals surface area contributed by atoms with E-state index in [0.717, 1.165) is 31.0 Å². The summed E-state index contributed by atoms with van der Waals surface area (Å²) >= 11 is 0. The van der Waals surface area contributed by atoms with Crippen molar-refractivity contribution in [1.29, 1.82) is 0 Å². The third kappa shape index (κ3) is 4.57. The maximum Gasteiger partial charge on any atom is 0.226 e. The number of hydrogen-bond donors (Lipinski definition) is 1. The topological polar surface area (TPSA) is 41.6 Å². The molecule has 2 aliphatic heterocycles. The fraction of sp³-hybridized carbons (Fsp3) is 0.842. The van der Waals surface area contributed by atoms with Crippen LogP contribution in [-0.2, 0) is 9.53 Å². The molecule has 2 fully saturated rings. The highest BCUT2D eigenvalue weighted by molar-refractivity contribution is 5.80. The van der Waals surface area contributed by atoms with Gasteiger partial charge in [-0.1, -0.05) is 25.5 Å². The third-order valence-corrected chi connectivity index (χ3v) is 5.56. The second kappa shape index (κ2) is 7.80. The van der Waals surface area contributed by atoms with Crippen molar-refractivity contribution in [3.05, 3.63) is 12.2 Å². The zero-order valence-corrected chi connectivity index (χ0v) is 15.4. The first-order chi connectivity index (χ1) is 10.8. The van der Waals surface area contributed by atoms with E-state index in [4.69, 9.17) is 4.74 Å². The van der Waals surface area contributed by atoms with Crippen molar-refractivity contribution in [3.63, 3.8) is 0 Å². The molecule has 0 aromatic heterocycles. The van der Waals surface area contributed by atoms with Crippen molar-refractivity contribution in [1.82, 2.24) is 10.2 Å². The summed E-state index contributed by atoms with van der Waals surface area (Å²) in [5.74, 6) is 0.843. The minimum absolute atomic E-state index is 0.00167. The van der Waals surface area contributed by atoms with Crippen LogP contribution in [0.25, 0.3) is 0 Å². The van der Waals surface area contributed by atoms with E-state index in [0.29, 0.717) is 13.2 Å². The standard InChI is InChI=1S/C19H34N2O2/c1-6-15-8-7-10-21(12-15)19(4,5)13-20-18(22)16-9-11-23-17(16)14(2)3/h15-17H,2,6-13H2,1,3-5H3,(H,20,22)/t15-,16-,17-/m1/s1. The van der Waals surface area contributed by atoms with Gasteiger partial charge in [0.25, 0.3) is 0 Å². The van der Waals surface area contributed by atoms with E-state index in [9.17, 15) is 4.79 Å². The minimum atomic E-state index is -0.113. The summed E-state index contributed by atoms with van der Waals surface area (Å²) < 4.78 is 5.65. The van der Waals surface area contributed by atoms with E-state index in [1.54, 1.807) is 0 Å². The van der Waals surface area contributed by atoms with Crippen molar-refractivity contribution in [2.24, 2.45) is 11.8 Å². The molecule has 1 N–H and O–H groups in total. The van der Waals surface area contributed by atoms with Crippen LogP contribution in [0.3, 0.4) is 0 Å². The molecule has 1 amide bonds. The molecule has 0 bridgehead atoms. The van der Waals surface area contributed by atoms with Gasteiger partial charge in [0.1, 0.15) is 0 Å². The molecule has 0 aromatic carbocycles. The van der Waals surface area contributed by atoms with Crippen molar-refractivity contribution in [2.75, 3.05) is 26.2 Å². The van der Waals surface area contributed by atoms with E-state index in [2.05, 4.69) is 37.6 Å². The van der Waals surface area contributed by atoms with Crippen LogP contribution in [0.15, 0.2) is 12.2 Å². The zero-order chi connectivity index (χ0) is 17.0. The highest BCUT2D eigenvalue weighted by atomic mass is 16.5. The number of nitrogens with zero attached hydrogens (tertiary/aromatic N) is 1. The highest BCUT2D eigenvalue weighted by Crippen LogP contribution is 2.27. The van der Waals surface area contributed by atoms with Gasteiger partial charge in [-0.2, -0.15) is 0 Å². The Balaban J connectivity index is 1.88. The Morgan fingerprint density at radius 1 is 1.39 bits per heavy atom. The van der Waals surface area contributed by atoms with Gasteiger partial charge >= 0.3 is 0 Å². The van der Waals surface area contributed by atoms with E-state index < -0.39 is 0 Å². The largest absolute Gasteiger partial charge is 0.373 e. The smallest absolute Gasteiger partial charge is 0.226 e. The molecule has 0 saturated carbocycles. The quantitative estimate of drug-likeness (QED) is 0.764. The molecular formula is C19H34N2O2. The lowest BCUT2D eigenvalue weighted by atomic mass is 9.90. The number of nitrogens with one attached hydrogen (secondary N) is 1. The van der Waals surface area contributed by atoms with Gasteiger partial charge in [0.15, 0.2) is 0 Å². The van der Waals surface area contributed by atoms with Crippen LogP contribution in [0, 0.1) is 11.8 Å². The number of piperidine rings is 1. The Hall–Kier alpha value is -0.870. The average Bonchev–Trinajstić information content (AvgIpc) is 3.02. The predicted molar refractivity (Wildman–Crippen MR) is 94.3 cm³/mol. The number of carbonyl (C=O) groups is 1. The molecular weight excluding hydrogens is 288 g/mol. The molecule has 4 heteroatoms. The molecule has 4 nitrogen and oxygen atoms in total. The van der Waals surface area contributed by atoms with Crippen molar-refractivity contribution < 1.29 is 9.53 Å². The lowest BCUT2D eigenvalue weighted by molar-refractivity contribution is -0.126. The molecule has 2 heterocycles. The van der Waals surface area contributed by atoms with Crippen LogP contribution in [0.1, 0.15) is 53.4 Å². The first-order valence-electron chi connectivity index (χ1n) is 9.15. The van der Waals surface area contributed by atoms with Gasteiger partial charge in [0.05, 0.1) is 12.0 Å². The van der Waals surface area contributed by atoms with Crippen LogP contribution >= 0.6 is 0 Å². The Labute approximate surface area is 141 Å². The van der Waals surface area contributed by atoms with Gasteiger partial charge in [-0.15, -0.1) is 0 Å². The first-order valence-corrected chi connectivity index (χ1v) is 9.15. The van der Waals surface area contributed by atoms with Gasteiger partial charge in [-0.25, -0.2) is 0 Å². The zero-order valence-electron chi connectivity index (χ0n) is 15.4. The molecule has 2 aliphatic rings. The Kier molecular flexibility index (Phi) is 6.26. The fourth-order valence-electron chi connectivity index (χ4n) is 3.84. The summed E-state index contributed by atoms with van der Waals surface area (Å²) in [6.07, 6.45) is 4.54. The number of amides is 1.